The summed E-state index contributed by atoms with van der Waals surface area (Å²) in [4.78, 5) is 10.5. The second-order valence-corrected chi connectivity index (χ2v) is 2.67. The van der Waals surface area contributed by atoms with Crippen LogP contribution in [0, 0.1) is 11.3 Å². The van der Waals surface area contributed by atoms with Crippen LogP contribution in [0.4, 0.5) is 0 Å². The number of nitriles is 1. The maximum absolute atomic E-state index is 10.5. The minimum Gasteiger partial charge on any atom is -0.465 e. The van der Waals surface area contributed by atoms with Crippen LogP contribution in [-0.2, 0) is 4.79 Å². The summed E-state index contributed by atoms with van der Waals surface area (Å²) in [6, 6.07) is 8.64. The lowest BCUT2D eigenvalue weighted by atomic mass is 10.2. The van der Waals surface area contributed by atoms with Gasteiger partial charge in [-0.2, -0.15) is 5.26 Å². The van der Waals surface area contributed by atoms with E-state index in [9.17, 15) is 4.79 Å². The minimum absolute atomic E-state index is 0.0707. The zero-order chi connectivity index (χ0) is 10.4. The van der Waals surface area contributed by atoms with Crippen LogP contribution in [0.3, 0.4) is 0 Å². The Morgan fingerprint density at radius 3 is 2.57 bits per heavy atom. The average Bonchev–Trinajstić information content (AvgIpc) is 2.18. The van der Waals surface area contributed by atoms with E-state index in [4.69, 9.17) is 10.00 Å². The van der Waals surface area contributed by atoms with Gasteiger partial charge in [0.25, 0.3) is 0 Å². The average molecular weight is 187 g/mol. The lowest BCUT2D eigenvalue weighted by Crippen LogP contribution is -1.86. The molecule has 0 radical (unpaired) electrons. The topological polar surface area (TPSA) is 50.1 Å². The van der Waals surface area contributed by atoms with Crippen LogP contribution in [-0.4, -0.2) is 5.78 Å². The minimum atomic E-state index is -0.0707. The van der Waals surface area contributed by atoms with E-state index < -0.39 is 0 Å². The van der Waals surface area contributed by atoms with E-state index >= 15 is 0 Å². The fourth-order valence-corrected chi connectivity index (χ4v) is 0.816. The molecular weight excluding hydrogens is 178 g/mol. The smallest absolute Gasteiger partial charge is 0.155 e. The van der Waals surface area contributed by atoms with Gasteiger partial charge in [-0.1, -0.05) is 0 Å². The number of carbonyl (C=O) groups excluding carboxylic acids is 1. The van der Waals surface area contributed by atoms with Crippen molar-refractivity contribution in [3.05, 3.63) is 42.2 Å². The van der Waals surface area contributed by atoms with Crippen molar-refractivity contribution in [2.45, 2.75) is 6.92 Å². The number of ketones is 1. The van der Waals surface area contributed by atoms with Crippen molar-refractivity contribution in [1.29, 1.82) is 5.26 Å². The van der Waals surface area contributed by atoms with E-state index in [1.54, 1.807) is 24.3 Å². The van der Waals surface area contributed by atoms with Gasteiger partial charge < -0.3 is 4.74 Å². The van der Waals surface area contributed by atoms with Crippen LogP contribution >= 0.6 is 0 Å². The Balaban J connectivity index is 2.61. The summed E-state index contributed by atoms with van der Waals surface area (Å²) < 4.78 is 5.11. The Morgan fingerprint density at radius 1 is 1.43 bits per heavy atom. The molecule has 0 saturated heterocycles. The summed E-state index contributed by atoms with van der Waals surface area (Å²) >= 11 is 0. The molecule has 0 unspecified atom stereocenters. The molecule has 0 aliphatic rings. The molecule has 0 amide bonds. The van der Waals surface area contributed by atoms with Gasteiger partial charge in [0.15, 0.2) is 5.78 Å². The Hall–Kier alpha value is -2.08. The quantitative estimate of drug-likeness (QED) is 0.537. The largest absolute Gasteiger partial charge is 0.465 e. The molecule has 3 heteroatoms. The van der Waals surface area contributed by atoms with E-state index in [0.717, 1.165) is 0 Å². The number of benzene rings is 1. The predicted molar refractivity (Wildman–Crippen MR) is 51.6 cm³/mol. The third-order valence-electron chi connectivity index (χ3n) is 1.49. The van der Waals surface area contributed by atoms with E-state index in [0.29, 0.717) is 11.3 Å². The van der Waals surface area contributed by atoms with Crippen molar-refractivity contribution >= 4 is 5.78 Å². The number of carbonyl (C=O) groups is 1. The van der Waals surface area contributed by atoms with Crippen LogP contribution in [0.1, 0.15) is 12.5 Å². The highest BCUT2D eigenvalue weighted by atomic mass is 16.5. The first-order valence-corrected chi connectivity index (χ1v) is 4.06. The number of rotatable bonds is 3. The predicted octanol–water partition coefficient (Wildman–Crippen LogP) is 2.04. The first-order valence-electron chi connectivity index (χ1n) is 4.06. The highest BCUT2D eigenvalue weighted by Crippen LogP contribution is 2.11. The number of hydrogen-bond donors (Lipinski definition) is 0. The second kappa shape index (κ2) is 4.83. The SMILES string of the molecule is CC(=O)/C=C/Oc1ccc(C#N)cc1. The number of allylic oxidation sites excluding steroid dienone is 1. The van der Waals surface area contributed by atoms with Gasteiger partial charge in [0.05, 0.1) is 17.9 Å². The summed E-state index contributed by atoms with van der Waals surface area (Å²) in [6.45, 7) is 1.44. The molecule has 0 spiro atoms. The highest BCUT2D eigenvalue weighted by molar-refractivity contribution is 5.86. The van der Waals surface area contributed by atoms with Crippen molar-refractivity contribution in [3.8, 4) is 11.8 Å². The number of ether oxygens (including phenoxy) is 1. The summed E-state index contributed by atoms with van der Waals surface area (Å²) in [5.74, 6) is 0.528. The lowest BCUT2D eigenvalue weighted by molar-refractivity contribution is -0.112. The zero-order valence-electron chi connectivity index (χ0n) is 7.73. The summed E-state index contributed by atoms with van der Waals surface area (Å²) in [7, 11) is 0. The molecule has 0 aliphatic carbocycles. The van der Waals surface area contributed by atoms with Crippen LogP contribution in [0.25, 0.3) is 0 Å². The first kappa shape index (κ1) is 10.0. The summed E-state index contributed by atoms with van der Waals surface area (Å²) in [6.07, 6.45) is 2.65. The third kappa shape index (κ3) is 3.11. The van der Waals surface area contributed by atoms with Gasteiger partial charge in [-0.25, -0.2) is 0 Å². The third-order valence-corrected chi connectivity index (χ3v) is 1.49. The first-order chi connectivity index (χ1) is 6.72. The molecule has 0 atom stereocenters. The molecule has 70 valence electrons. The molecule has 0 heterocycles. The van der Waals surface area contributed by atoms with Crippen molar-refractivity contribution < 1.29 is 9.53 Å². The molecule has 0 aromatic heterocycles. The molecule has 0 fully saturated rings. The monoisotopic (exact) mass is 187 g/mol. The second-order valence-electron chi connectivity index (χ2n) is 2.67. The molecule has 0 saturated carbocycles. The van der Waals surface area contributed by atoms with Crippen LogP contribution in [0.5, 0.6) is 5.75 Å². The maximum atomic E-state index is 10.5. The molecular formula is C11H9NO2. The van der Waals surface area contributed by atoms with E-state index in [2.05, 4.69) is 0 Å². The molecule has 3 nitrogen and oxygen atoms in total. The number of nitrogens with zero attached hydrogens (tertiary/aromatic N) is 1. The normalized spacial score (nSPS) is 9.71. The van der Waals surface area contributed by atoms with Crippen LogP contribution in [0.2, 0.25) is 0 Å². The van der Waals surface area contributed by atoms with Crippen molar-refractivity contribution in [3.63, 3.8) is 0 Å². The van der Waals surface area contributed by atoms with E-state index in [1.807, 2.05) is 6.07 Å². The van der Waals surface area contributed by atoms with Gasteiger partial charge in [-0.3, -0.25) is 4.79 Å². The standard InChI is InChI=1S/C11H9NO2/c1-9(13)6-7-14-11-4-2-10(8-12)3-5-11/h2-7H,1H3/b7-6+. The van der Waals surface area contributed by atoms with Gasteiger partial charge in [0.1, 0.15) is 5.75 Å². The number of hydrogen-bond acceptors (Lipinski definition) is 3. The van der Waals surface area contributed by atoms with E-state index in [-0.39, 0.29) is 5.78 Å². The summed E-state index contributed by atoms with van der Waals surface area (Å²) in [5.41, 5.74) is 0.577. The molecule has 0 aliphatic heterocycles. The van der Waals surface area contributed by atoms with Gasteiger partial charge in [0, 0.05) is 6.08 Å². The Bertz CT molecular complexity index is 385. The van der Waals surface area contributed by atoms with E-state index in [1.165, 1.54) is 19.3 Å². The van der Waals surface area contributed by atoms with Crippen LogP contribution in [0.15, 0.2) is 36.6 Å². The highest BCUT2D eigenvalue weighted by Gasteiger charge is 1.91. The Kier molecular flexibility index (Phi) is 3.45. The molecule has 1 rings (SSSR count). The van der Waals surface area contributed by atoms with Gasteiger partial charge in [-0.15, -0.1) is 0 Å². The van der Waals surface area contributed by atoms with Crippen molar-refractivity contribution in [2.24, 2.45) is 0 Å². The summed E-state index contributed by atoms with van der Waals surface area (Å²) in [5, 5.41) is 8.53. The fourth-order valence-electron chi connectivity index (χ4n) is 0.816. The molecule has 1 aromatic rings. The molecule has 1 aromatic carbocycles. The molecule has 14 heavy (non-hydrogen) atoms. The van der Waals surface area contributed by atoms with Crippen LogP contribution < -0.4 is 4.74 Å². The Morgan fingerprint density at radius 2 is 2.07 bits per heavy atom. The maximum Gasteiger partial charge on any atom is 0.155 e. The molecule has 0 N–H and O–H groups in total. The van der Waals surface area contributed by atoms with Crippen molar-refractivity contribution in [1.82, 2.24) is 0 Å². The fraction of sp³-hybridized carbons (Fsp3) is 0.0909. The lowest BCUT2D eigenvalue weighted by Gasteiger charge is -1.98. The molecule has 0 bridgehead atoms. The Labute approximate surface area is 82.2 Å². The van der Waals surface area contributed by atoms with Crippen molar-refractivity contribution in [2.75, 3.05) is 0 Å². The van der Waals surface area contributed by atoms with Gasteiger partial charge in [-0.05, 0) is 31.2 Å². The van der Waals surface area contributed by atoms with Gasteiger partial charge >= 0.3 is 0 Å². The van der Waals surface area contributed by atoms with Gasteiger partial charge in [0.2, 0.25) is 0 Å². The zero-order valence-corrected chi connectivity index (χ0v) is 7.73.